The Balaban J connectivity index is 2.22. The summed E-state index contributed by atoms with van der Waals surface area (Å²) < 4.78 is 0. The smallest absolute Gasteiger partial charge is 0.0145 e. The molecule has 2 atom stereocenters. The minimum Gasteiger partial charge on any atom is -0.0891 e. The SMILES string of the molecule is CC(Br)C(C)C1CC1. The number of hydrogen-bond donors (Lipinski definition) is 0. The fourth-order valence-corrected chi connectivity index (χ4v) is 1.43. The number of halogens is 1. The van der Waals surface area contributed by atoms with E-state index in [1.165, 1.54) is 12.8 Å². The normalized spacial score (nSPS) is 27.4. The average Bonchev–Trinajstić information content (AvgIpc) is 2.43. The van der Waals surface area contributed by atoms with E-state index in [9.17, 15) is 0 Å². The Morgan fingerprint density at radius 1 is 1.38 bits per heavy atom. The average molecular weight is 177 g/mol. The second-order valence-corrected chi connectivity index (χ2v) is 4.32. The first-order chi connectivity index (χ1) is 3.72. The highest BCUT2D eigenvalue weighted by atomic mass is 79.9. The van der Waals surface area contributed by atoms with Crippen molar-refractivity contribution >= 4 is 15.9 Å². The van der Waals surface area contributed by atoms with Gasteiger partial charge in [0.2, 0.25) is 0 Å². The van der Waals surface area contributed by atoms with Gasteiger partial charge in [-0.3, -0.25) is 0 Å². The van der Waals surface area contributed by atoms with Crippen LogP contribution >= 0.6 is 15.9 Å². The van der Waals surface area contributed by atoms with E-state index in [1.807, 2.05) is 0 Å². The maximum atomic E-state index is 3.58. The third-order valence-electron chi connectivity index (χ3n) is 2.09. The van der Waals surface area contributed by atoms with Gasteiger partial charge in [0.25, 0.3) is 0 Å². The predicted molar refractivity (Wildman–Crippen MR) is 40.3 cm³/mol. The van der Waals surface area contributed by atoms with Gasteiger partial charge in [-0.15, -0.1) is 0 Å². The van der Waals surface area contributed by atoms with Crippen molar-refractivity contribution in [1.29, 1.82) is 0 Å². The van der Waals surface area contributed by atoms with Crippen LogP contribution in [0.25, 0.3) is 0 Å². The Bertz CT molecular complexity index is 72.5. The van der Waals surface area contributed by atoms with E-state index in [4.69, 9.17) is 0 Å². The van der Waals surface area contributed by atoms with Crippen LogP contribution in [0.5, 0.6) is 0 Å². The second-order valence-electron chi connectivity index (χ2n) is 2.87. The molecule has 0 N–H and O–H groups in total. The van der Waals surface area contributed by atoms with Crippen LogP contribution in [0.4, 0.5) is 0 Å². The van der Waals surface area contributed by atoms with Gasteiger partial charge in [0.1, 0.15) is 0 Å². The number of hydrogen-bond acceptors (Lipinski definition) is 0. The molecule has 1 aliphatic rings. The van der Waals surface area contributed by atoms with Gasteiger partial charge in [0.15, 0.2) is 0 Å². The van der Waals surface area contributed by atoms with E-state index in [-0.39, 0.29) is 0 Å². The Morgan fingerprint density at radius 2 is 1.88 bits per heavy atom. The standard InChI is InChI=1S/C7H13Br/c1-5(6(2)8)7-3-4-7/h5-7H,3-4H2,1-2H3. The maximum Gasteiger partial charge on any atom is 0.0145 e. The molecule has 0 aromatic rings. The van der Waals surface area contributed by atoms with E-state index in [0.29, 0.717) is 0 Å². The van der Waals surface area contributed by atoms with Crippen molar-refractivity contribution in [2.75, 3.05) is 0 Å². The molecule has 0 nitrogen and oxygen atoms in total. The van der Waals surface area contributed by atoms with Crippen LogP contribution in [0.2, 0.25) is 0 Å². The summed E-state index contributed by atoms with van der Waals surface area (Å²) in [5.74, 6) is 1.94. The summed E-state index contributed by atoms with van der Waals surface area (Å²) in [7, 11) is 0. The van der Waals surface area contributed by atoms with Crippen LogP contribution in [-0.4, -0.2) is 4.83 Å². The summed E-state index contributed by atoms with van der Waals surface area (Å²) in [6, 6.07) is 0. The highest BCUT2D eigenvalue weighted by Gasteiger charge is 2.29. The molecule has 2 unspecified atom stereocenters. The summed E-state index contributed by atoms with van der Waals surface area (Å²) in [5, 5.41) is 0. The van der Waals surface area contributed by atoms with Crippen LogP contribution < -0.4 is 0 Å². The van der Waals surface area contributed by atoms with Crippen LogP contribution in [-0.2, 0) is 0 Å². The fourth-order valence-electron chi connectivity index (χ4n) is 0.997. The van der Waals surface area contributed by atoms with Gasteiger partial charge in [-0.25, -0.2) is 0 Å². The van der Waals surface area contributed by atoms with Gasteiger partial charge in [0.05, 0.1) is 0 Å². The van der Waals surface area contributed by atoms with Crippen LogP contribution in [0, 0.1) is 11.8 Å². The molecule has 48 valence electrons. The first kappa shape index (κ1) is 6.60. The van der Waals surface area contributed by atoms with Crippen molar-refractivity contribution in [2.45, 2.75) is 31.5 Å². The zero-order chi connectivity index (χ0) is 6.15. The predicted octanol–water partition coefficient (Wildman–Crippen LogP) is 2.82. The third-order valence-corrected chi connectivity index (χ3v) is 2.92. The first-order valence-electron chi connectivity index (χ1n) is 3.36. The Kier molecular flexibility index (Phi) is 1.97. The zero-order valence-corrected chi connectivity index (χ0v) is 7.11. The number of rotatable bonds is 2. The topological polar surface area (TPSA) is 0 Å². The molecule has 0 aliphatic heterocycles. The van der Waals surface area contributed by atoms with E-state index in [1.54, 1.807) is 0 Å². The summed E-state index contributed by atoms with van der Waals surface area (Å²) in [6.07, 6.45) is 2.94. The van der Waals surface area contributed by atoms with Crippen LogP contribution in [0.1, 0.15) is 26.7 Å². The molecule has 0 saturated heterocycles. The van der Waals surface area contributed by atoms with Gasteiger partial charge in [-0.2, -0.15) is 0 Å². The summed E-state index contributed by atoms with van der Waals surface area (Å²) in [4.78, 5) is 0.718. The molecule has 0 amide bonds. The van der Waals surface area contributed by atoms with Crippen molar-refractivity contribution in [3.05, 3.63) is 0 Å². The molecule has 1 rings (SSSR count). The van der Waals surface area contributed by atoms with Crippen molar-refractivity contribution in [3.63, 3.8) is 0 Å². The molecule has 0 spiro atoms. The summed E-state index contributed by atoms with van der Waals surface area (Å²) in [6.45, 7) is 4.57. The largest absolute Gasteiger partial charge is 0.0891 e. The maximum absolute atomic E-state index is 3.58. The van der Waals surface area contributed by atoms with Crippen LogP contribution in [0.15, 0.2) is 0 Å². The molecule has 1 aliphatic carbocycles. The van der Waals surface area contributed by atoms with Gasteiger partial charge in [0, 0.05) is 4.83 Å². The molecule has 0 heterocycles. The van der Waals surface area contributed by atoms with Gasteiger partial charge in [-0.05, 0) is 24.7 Å². The lowest BCUT2D eigenvalue weighted by atomic mass is 10.0. The quantitative estimate of drug-likeness (QED) is 0.569. The molecule has 0 aromatic heterocycles. The molecule has 1 fully saturated rings. The van der Waals surface area contributed by atoms with Gasteiger partial charge in [-0.1, -0.05) is 29.8 Å². The Hall–Kier alpha value is 0.480. The lowest BCUT2D eigenvalue weighted by Gasteiger charge is -2.10. The van der Waals surface area contributed by atoms with Crippen LogP contribution in [0.3, 0.4) is 0 Å². The first-order valence-corrected chi connectivity index (χ1v) is 4.27. The third kappa shape index (κ3) is 1.48. The Morgan fingerprint density at radius 3 is 2.00 bits per heavy atom. The fraction of sp³-hybridized carbons (Fsp3) is 1.00. The molecular formula is C7H13Br. The molecule has 0 aromatic carbocycles. The molecule has 0 bridgehead atoms. The summed E-state index contributed by atoms with van der Waals surface area (Å²) in [5.41, 5.74) is 0. The lowest BCUT2D eigenvalue weighted by molar-refractivity contribution is 0.511. The van der Waals surface area contributed by atoms with Gasteiger partial charge < -0.3 is 0 Å². The monoisotopic (exact) mass is 176 g/mol. The van der Waals surface area contributed by atoms with Crippen molar-refractivity contribution < 1.29 is 0 Å². The van der Waals surface area contributed by atoms with Crippen molar-refractivity contribution in [2.24, 2.45) is 11.8 Å². The highest BCUT2D eigenvalue weighted by molar-refractivity contribution is 9.09. The minimum atomic E-state index is 0.718. The van der Waals surface area contributed by atoms with Crippen molar-refractivity contribution in [3.8, 4) is 0 Å². The summed E-state index contributed by atoms with van der Waals surface area (Å²) >= 11 is 3.58. The van der Waals surface area contributed by atoms with E-state index in [2.05, 4.69) is 29.8 Å². The molecule has 0 radical (unpaired) electrons. The second kappa shape index (κ2) is 2.38. The minimum absolute atomic E-state index is 0.718. The Labute approximate surface area is 59.8 Å². The van der Waals surface area contributed by atoms with Gasteiger partial charge >= 0.3 is 0 Å². The van der Waals surface area contributed by atoms with Crippen molar-refractivity contribution in [1.82, 2.24) is 0 Å². The molecule has 1 saturated carbocycles. The molecular weight excluding hydrogens is 164 g/mol. The lowest BCUT2D eigenvalue weighted by Crippen LogP contribution is -2.07. The molecule has 1 heteroatoms. The van der Waals surface area contributed by atoms with E-state index in [0.717, 1.165) is 16.7 Å². The van der Waals surface area contributed by atoms with E-state index < -0.39 is 0 Å². The highest BCUT2D eigenvalue weighted by Crippen LogP contribution is 2.39. The molecule has 8 heavy (non-hydrogen) atoms. The van der Waals surface area contributed by atoms with E-state index >= 15 is 0 Å². The number of alkyl halides is 1. The zero-order valence-electron chi connectivity index (χ0n) is 5.52.